The van der Waals surface area contributed by atoms with Crippen molar-refractivity contribution in [2.45, 2.75) is 26.0 Å². The number of esters is 2. The molecule has 0 spiro atoms. The number of hydrogen-bond acceptors (Lipinski definition) is 6. The van der Waals surface area contributed by atoms with E-state index >= 15 is 0 Å². The van der Waals surface area contributed by atoms with E-state index < -0.39 is 23.1 Å². The third-order valence-corrected chi connectivity index (χ3v) is 3.94. The second-order valence-electron chi connectivity index (χ2n) is 4.42. The maximum Gasteiger partial charge on any atom is 0.321 e. The molecular formula is C16H20O5S. The molecule has 22 heavy (non-hydrogen) atoms. The summed E-state index contributed by atoms with van der Waals surface area (Å²) in [4.78, 5) is 36.0. The predicted molar refractivity (Wildman–Crippen MR) is 84.2 cm³/mol. The summed E-state index contributed by atoms with van der Waals surface area (Å²) >= 11 is 0.929. The number of rotatable bonds is 7. The van der Waals surface area contributed by atoms with E-state index in [1.54, 1.807) is 38.1 Å². The highest BCUT2D eigenvalue weighted by atomic mass is 32.2. The molecule has 1 aromatic carbocycles. The Balaban J connectivity index is 3.20. The first-order valence-corrected chi connectivity index (χ1v) is 7.94. The predicted octanol–water partition coefficient (Wildman–Crippen LogP) is 2.75. The van der Waals surface area contributed by atoms with Crippen LogP contribution in [0, 0.1) is 5.92 Å². The Labute approximate surface area is 134 Å². The highest BCUT2D eigenvalue weighted by Gasteiger charge is 2.39. The Morgan fingerprint density at radius 3 is 1.91 bits per heavy atom. The fourth-order valence-corrected chi connectivity index (χ4v) is 2.97. The van der Waals surface area contributed by atoms with Gasteiger partial charge in [-0.1, -0.05) is 42.1 Å². The molecule has 0 saturated carbocycles. The first-order valence-electron chi connectivity index (χ1n) is 7.06. The Morgan fingerprint density at radius 1 is 1.00 bits per heavy atom. The van der Waals surface area contributed by atoms with Crippen LogP contribution in [0.2, 0.25) is 0 Å². The molecule has 0 unspecified atom stereocenters. The second-order valence-corrected chi connectivity index (χ2v) is 5.74. The van der Waals surface area contributed by atoms with Gasteiger partial charge >= 0.3 is 11.9 Å². The Bertz CT molecular complexity index is 497. The van der Waals surface area contributed by atoms with Gasteiger partial charge in [-0.15, -0.1) is 0 Å². The molecule has 1 aromatic rings. The molecule has 120 valence electrons. The Kier molecular flexibility index (Phi) is 7.66. The highest BCUT2D eigenvalue weighted by molar-refractivity contribution is 8.13. The number of benzene rings is 1. The van der Waals surface area contributed by atoms with Gasteiger partial charge in [0, 0.05) is 6.92 Å². The molecule has 0 aliphatic rings. The van der Waals surface area contributed by atoms with Crippen LogP contribution in [0.25, 0.3) is 0 Å². The lowest BCUT2D eigenvalue weighted by molar-refractivity contribution is -0.161. The van der Waals surface area contributed by atoms with Crippen molar-refractivity contribution >= 4 is 28.8 Å². The van der Waals surface area contributed by atoms with Crippen LogP contribution in [-0.4, -0.2) is 30.3 Å². The lowest BCUT2D eigenvalue weighted by atomic mass is 9.98. The summed E-state index contributed by atoms with van der Waals surface area (Å²) < 4.78 is 9.98. The van der Waals surface area contributed by atoms with Gasteiger partial charge < -0.3 is 9.47 Å². The van der Waals surface area contributed by atoms with E-state index in [1.165, 1.54) is 6.92 Å². The number of carbonyl (C=O) groups is 3. The smallest absolute Gasteiger partial charge is 0.321 e. The Hall–Kier alpha value is -1.82. The third kappa shape index (κ3) is 5.18. The maximum atomic E-state index is 12.2. The van der Waals surface area contributed by atoms with Crippen molar-refractivity contribution in [1.29, 1.82) is 0 Å². The molecule has 0 aromatic heterocycles. The van der Waals surface area contributed by atoms with Gasteiger partial charge in [0.2, 0.25) is 0 Å². The summed E-state index contributed by atoms with van der Waals surface area (Å²) in [6.07, 6.45) is 0. The summed E-state index contributed by atoms with van der Waals surface area (Å²) in [5.74, 6) is -2.52. The summed E-state index contributed by atoms with van der Waals surface area (Å²) in [5, 5.41) is -0.857. The van der Waals surface area contributed by atoms with Crippen molar-refractivity contribution in [1.82, 2.24) is 0 Å². The lowest BCUT2D eigenvalue weighted by Gasteiger charge is -2.23. The normalized spacial score (nSPS) is 11.8. The minimum Gasteiger partial charge on any atom is -0.465 e. The highest BCUT2D eigenvalue weighted by Crippen LogP contribution is 2.37. The van der Waals surface area contributed by atoms with Crippen LogP contribution in [0.4, 0.5) is 0 Å². The van der Waals surface area contributed by atoms with E-state index in [0.29, 0.717) is 5.56 Å². The van der Waals surface area contributed by atoms with Crippen LogP contribution in [0.15, 0.2) is 30.3 Å². The van der Waals surface area contributed by atoms with Crippen LogP contribution < -0.4 is 0 Å². The molecule has 1 rings (SSSR count). The number of carbonyl (C=O) groups excluding carboxylic acids is 3. The zero-order chi connectivity index (χ0) is 16.5. The van der Waals surface area contributed by atoms with Crippen molar-refractivity contribution in [2.75, 3.05) is 13.2 Å². The quantitative estimate of drug-likeness (QED) is 0.567. The molecule has 6 heteroatoms. The largest absolute Gasteiger partial charge is 0.465 e. The zero-order valence-corrected chi connectivity index (χ0v) is 13.7. The maximum absolute atomic E-state index is 12.2. The van der Waals surface area contributed by atoms with Crippen LogP contribution in [0.3, 0.4) is 0 Å². The van der Waals surface area contributed by atoms with Gasteiger partial charge in [-0.05, 0) is 19.4 Å². The van der Waals surface area contributed by atoms with Gasteiger partial charge in [-0.25, -0.2) is 0 Å². The number of ether oxygens (including phenoxy) is 2. The number of thioether (sulfide) groups is 1. The van der Waals surface area contributed by atoms with Gasteiger partial charge in [0.25, 0.3) is 0 Å². The van der Waals surface area contributed by atoms with Gasteiger partial charge in [-0.3, -0.25) is 14.4 Å². The summed E-state index contributed by atoms with van der Waals surface area (Å²) in [6, 6.07) is 8.94. The van der Waals surface area contributed by atoms with Crippen LogP contribution in [-0.2, 0) is 23.9 Å². The molecule has 1 atom stereocenters. The molecule has 0 aliphatic heterocycles. The Morgan fingerprint density at radius 2 is 1.50 bits per heavy atom. The van der Waals surface area contributed by atoms with E-state index in [9.17, 15) is 14.4 Å². The SMILES string of the molecule is CCOC(=O)C(C(=O)OCC)[C@@H](SC(C)=O)c1ccccc1. The second kappa shape index (κ2) is 9.25. The van der Waals surface area contributed by atoms with Gasteiger partial charge in [0.1, 0.15) is 0 Å². The van der Waals surface area contributed by atoms with Crippen LogP contribution >= 0.6 is 11.8 Å². The summed E-state index contributed by atoms with van der Waals surface area (Å²) in [7, 11) is 0. The molecule has 0 fully saturated rings. The first kappa shape index (κ1) is 18.2. The van der Waals surface area contributed by atoms with Crippen molar-refractivity contribution in [3.05, 3.63) is 35.9 Å². The number of hydrogen-bond donors (Lipinski definition) is 0. The van der Waals surface area contributed by atoms with Gasteiger partial charge in [0.15, 0.2) is 11.0 Å². The minimum atomic E-state index is -1.17. The molecule has 0 saturated heterocycles. The van der Waals surface area contributed by atoms with E-state index in [1.807, 2.05) is 6.07 Å². The molecule has 0 N–H and O–H groups in total. The standard InChI is InChI=1S/C16H20O5S/c1-4-20-15(18)13(16(19)21-5-2)14(22-11(3)17)12-9-7-6-8-10-12/h6-10,13-14H,4-5H2,1-3H3/t14-/m0/s1. The first-order chi connectivity index (χ1) is 10.5. The molecule has 0 heterocycles. The topological polar surface area (TPSA) is 69.7 Å². The van der Waals surface area contributed by atoms with E-state index in [4.69, 9.17) is 9.47 Å². The molecule has 5 nitrogen and oxygen atoms in total. The van der Waals surface area contributed by atoms with E-state index in [2.05, 4.69) is 0 Å². The fourth-order valence-electron chi connectivity index (χ4n) is 1.96. The fraction of sp³-hybridized carbons (Fsp3) is 0.438. The average Bonchev–Trinajstić information content (AvgIpc) is 2.47. The minimum absolute atomic E-state index is 0.154. The van der Waals surface area contributed by atoms with Crippen molar-refractivity contribution in [2.24, 2.45) is 5.92 Å². The third-order valence-electron chi connectivity index (χ3n) is 2.80. The van der Waals surface area contributed by atoms with Crippen molar-refractivity contribution in [3.63, 3.8) is 0 Å². The van der Waals surface area contributed by atoms with Crippen LogP contribution in [0.5, 0.6) is 0 Å². The van der Waals surface area contributed by atoms with Gasteiger partial charge in [0.05, 0.1) is 18.5 Å². The van der Waals surface area contributed by atoms with Crippen LogP contribution in [0.1, 0.15) is 31.6 Å². The van der Waals surface area contributed by atoms with Crippen molar-refractivity contribution < 1.29 is 23.9 Å². The van der Waals surface area contributed by atoms with Gasteiger partial charge in [-0.2, -0.15) is 0 Å². The molecular weight excluding hydrogens is 304 g/mol. The monoisotopic (exact) mass is 324 g/mol. The molecule has 0 aliphatic carbocycles. The zero-order valence-electron chi connectivity index (χ0n) is 12.9. The lowest BCUT2D eigenvalue weighted by Crippen LogP contribution is -2.32. The van der Waals surface area contributed by atoms with Crippen molar-refractivity contribution in [3.8, 4) is 0 Å². The van der Waals surface area contributed by atoms with E-state index in [0.717, 1.165) is 11.8 Å². The summed E-state index contributed by atoms with van der Waals surface area (Å²) in [6.45, 7) is 5.03. The van der Waals surface area contributed by atoms with E-state index in [-0.39, 0.29) is 18.3 Å². The molecule has 0 bridgehead atoms. The molecule has 0 radical (unpaired) electrons. The average molecular weight is 324 g/mol. The molecule has 0 amide bonds. The summed E-state index contributed by atoms with van der Waals surface area (Å²) in [5.41, 5.74) is 0.703.